The van der Waals surface area contributed by atoms with Crippen LogP contribution in [-0.2, 0) is 25.5 Å². The second-order valence-corrected chi connectivity index (χ2v) is 9.74. The van der Waals surface area contributed by atoms with Crippen molar-refractivity contribution >= 4 is 17.8 Å². The van der Waals surface area contributed by atoms with E-state index < -0.39 is 24.3 Å². The standard InChI is InChI=1S/C20H29N3O2.2C2HF3O2/c24-19(12-17-2-1-7-21-13-17)23-10-6-20(16-23)4-8-22(9-5-20)14-18-3-11-25-15-18;2*3-2(4,5)1(6)7/h1-2,7,13,18H,3-6,8-12,14-16H2;2*(H,6,7). The average molecular weight is 572 g/mol. The zero-order chi connectivity index (χ0) is 29.3. The number of hydrogen-bond donors (Lipinski definition) is 2. The Labute approximate surface area is 220 Å². The molecule has 220 valence electrons. The van der Waals surface area contributed by atoms with E-state index in [4.69, 9.17) is 24.5 Å². The Morgan fingerprint density at radius 2 is 1.56 bits per heavy atom. The largest absolute Gasteiger partial charge is 0.490 e. The number of aliphatic carboxylic acids is 2. The molecule has 9 nitrogen and oxygen atoms in total. The molecule has 1 atom stereocenters. The summed E-state index contributed by atoms with van der Waals surface area (Å²) in [6.07, 6.45) is -1.27. The van der Waals surface area contributed by atoms with Gasteiger partial charge in [0.25, 0.3) is 0 Å². The lowest BCUT2D eigenvalue weighted by molar-refractivity contribution is -0.193. The van der Waals surface area contributed by atoms with Crippen LogP contribution in [-0.4, -0.2) is 101 Å². The number of amides is 1. The van der Waals surface area contributed by atoms with Crippen LogP contribution in [0.2, 0.25) is 0 Å². The van der Waals surface area contributed by atoms with Gasteiger partial charge in [0.1, 0.15) is 0 Å². The number of alkyl halides is 6. The third-order valence-electron chi connectivity index (χ3n) is 6.81. The number of carbonyl (C=O) groups is 3. The van der Waals surface area contributed by atoms with E-state index in [-0.39, 0.29) is 5.91 Å². The van der Waals surface area contributed by atoms with E-state index in [9.17, 15) is 31.1 Å². The molecule has 39 heavy (non-hydrogen) atoms. The monoisotopic (exact) mass is 571 g/mol. The molecule has 15 heteroatoms. The van der Waals surface area contributed by atoms with Gasteiger partial charge in [-0.2, -0.15) is 26.3 Å². The van der Waals surface area contributed by atoms with Gasteiger partial charge in [0.2, 0.25) is 5.91 Å². The predicted molar refractivity (Wildman–Crippen MR) is 124 cm³/mol. The van der Waals surface area contributed by atoms with E-state index in [2.05, 4.69) is 14.8 Å². The van der Waals surface area contributed by atoms with E-state index in [0.717, 1.165) is 37.8 Å². The van der Waals surface area contributed by atoms with Gasteiger partial charge < -0.3 is 24.7 Å². The van der Waals surface area contributed by atoms with E-state index in [1.165, 1.54) is 45.3 Å². The molecule has 0 aliphatic carbocycles. The molecule has 0 aromatic carbocycles. The maximum absolute atomic E-state index is 12.6. The summed E-state index contributed by atoms with van der Waals surface area (Å²) in [5.74, 6) is -4.52. The number of aromatic nitrogens is 1. The lowest BCUT2D eigenvalue weighted by atomic mass is 9.77. The van der Waals surface area contributed by atoms with Gasteiger partial charge in [-0.15, -0.1) is 0 Å². The molecule has 0 bridgehead atoms. The first-order chi connectivity index (χ1) is 18.1. The molecular weight excluding hydrogens is 540 g/mol. The number of likely N-dealkylation sites (tertiary alicyclic amines) is 2. The third kappa shape index (κ3) is 11.0. The molecule has 1 aromatic heterocycles. The van der Waals surface area contributed by atoms with Gasteiger partial charge in [0.05, 0.1) is 13.0 Å². The Bertz CT molecular complexity index is 922. The molecule has 3 fully saturated rings. The highest BCUT2D eigenvalue weighted by Crippen LogP contribution is 2.40. The molecule has 3 aliphatic rings. The first kappa shape index (κ1) is 32.3. The fraction of sp³-hybridized carbons (Fsp3) is 0.667. The van der Waals surface area contributed by atoms with Crippen molar-refractivity contribution < 1.29 is 55.7 Å². The van der Waals surface area contributed by atoms with Crippen LogP contribution < -0.4 is 0 Å². The smallest absolute Gasteiger partial charge is 0.475 e. The molecule has 1 amide bonds. The lowest BCUT2D eigenvalue weighted by Gasteiger charge is -2.40. The van der Waals surface area contributed by atoms with Crippen molar-refractivity contribution in [2.24, 2.45) is 11.3 Å². The van der Waals surface area contributed by atoms with Gasteiger partial charge in [-0.3, -0.25) is 9.78 Å². The highest BCUT2D eigenvalue weighted by atomic mass is 19.4. The molecule has 1 aromatic rings. The van der Waals surface area contributed by atoms with Gasteiger partial charge in [-0.05, 0) is 61.7 Å². The Morgan fingerprint density at radius 1 is 1.00 bits per heavy atom. The molecule has 4 rings (SSSR count). The predicted octanol–water partition coefficient (Wildman–Crippen LogP) is 3.24. The summed E-state index contributed by atoms with van der Waals surface area (Å²) in [4.78, 5) is 39.2. The Morgan fingerprint density at radius 3 is 2.03 bits per heavy atom. The number of ether oxygens (including phenoxy) is 1. The van der Waals surface area contributed by atoms with Crippen LogP contribution in [0.4, 0.5) is 26.3 Å². The van der Waals surface area contributed by atoms with Crippen molar-refractivity contribution in [2.45, 2.75) is 44.5 Å². The van der Waals surface area contributed by atoms with E-state index in [0.29, 0.717) is 11.8 Å². The van der Waals surface area contributed by atoms with E-state index >= 15 is 0 Å². The second-order valence-electron chi connectivity index (χ2n) is 9.74. The van der Waals surface area contributed by atoms with Crippen LogP contribution in [0.15, 0.2) is 24.5 Å². The van der Waals surface area contributed by atoms with Crippen LogP contribution in [0.3, 0.4) is 0 Å². The summed E-state index contributed by atoms with van der Waals surface area (Å²) in [6, 6.07) is 3.89. The first-order valence-electron chi connectivity index (χ1n) is 12.2. The van der Waals surface area contributed by atoms with Crippen molar-refractivity contribution in [1.29, 1.82) is 0 Å². The summed E-state index contributed by atoms with van der Waals surface area (Å²) in [6.45, 7) is 7.32. The zero-order valence-corrected chi connectivity index (χ0v) is 21.0. The lowest BCUT2D eigenvalue weighted by Crippen LogP contribution is -2.44. The normalized spacial score (nSPS) is 21.0. The second kappa shape index (κ2) is 13.9. The number of piperidine rings is 1. The maximum Gasteiger partial charge on any atom is 0.490 e. The molecule has 3 saturated heterocycles. The van der Waals surface area contributed by atoms with Crippen molar-refractivity contribution in [3.63, 3.8) is 0 Å². The SMILES string of the molecule is O=C(Cc1cccnc1)N1CCC2(CCN(CC3CCOC3)CC2)C1.O=C(O)C(F)(F)F.O=C(O)C(F)(F)F. The van der Waals surface area contributed by atoms with E-state index in [1.807, 2.05) is 12.1 Å². The highest BCUT2D eigenvalue weighted by Gasteiger charge is 2.42. The zero-order valence-electron chi connectivity index (χ0n) is 21.0. The van der Waals surface area contributed by atoms with Gasteiger partial charge in [-0.1, -0.05) is 6.07 Å². The molecule has 0 saturated carbocycles. The average Bonchev–Trinajstić information content (AvgIpc) is 3.51. The Balaban J connectivity index is 0.000000317. The summed E-state index contributed by atoms with van der Waals surface area (Å²) >= 11 is 0. The summed E-state index contributed by atoms with van der Waals surface area (Å²) in [5, 5.41) is 14.2. The van der Waals surface area contributed by atoms with E-state index in [1.54, 1.807) is 12.4 Å². The number of carboxylic acid groups (broad SMARTS) is 2. The number of carboxylic acids is 2. The number of carbonyl (C=O) groups excluding carboxylic acids is 1. The molecule has 0 radical (unpaired) electrons. The molecule has 1 spiro atoms. The van der Waals surface area contributed by atoms with Crippen molar-refractivity contribution in [2.75, 3.05) is 45.9 Å². The van der Waals surface area contributed by atoms with Gasteiger partial charge in [0.15, 0.2) is 0 Å². The summed E-state index contributed by atoms with van der Waals surface area (Å²) < 4.78 is 69.0. The molecule has 3 aliphatic heterocycles. The highest BCUT2D eigenvalue weighted by molar-refractivity contribution is 5.79. The number of hydrogen-bond acceptors (Lipinski definition) is 6. The number of halogens is 6. The van der Waals surface area contributed by atoms with Gasteiger partial charge >= 0.3 is 24.3 Å². The van der Waals surface area contributed by atoms with Gasteiger partial charge in [0, 0.05) is 38.6 Å². The van der Waals surface area contributed by atoms with Crippen LogP contribution in [0.1, 0.15) is 31.2 Å². The van der Waals surface area contributed by atoms with Crippen molar-refractivity contribution in [3.8, 4) is 0 Å². The Hall–Kier alpha value is -2.94. The third-order valence-corrected chi connectivity index (χ3v) is 6.81. The number of nitrogens with zero attached hydrogens (tertiary/aromatic N) is 3. The van der Waals surface area contributed by atoms with Crippen molar-refractivity contribution in [3.05, 3.63) is 30.1 Å². The fourth-order valence-electron chi connectivity index (χ4n) is 4.65. The minimum absolute atomic E-state index is 0.260. The maximum atomic E-state index is 12.6. The van der Waals surface area contributed by atoms with Crippen LogP contribution in [0.25, 0.3) is 0 Å². The fourth-order valence-corrected chi connectivity index (χ4v) is 4.65. The summed E-state index contributed by atoms with van der Waals surface area (Å²) in [5.41, 5.74) is 1.38. The minimum atomic E-state index is -5.08. The van der Waals surface area contributed by atoms with Crippen LogP contribution in [0, 0.1) is 11.3 Å². The number of pyridine rings is 1. The topological polar surface area (TPSA) is 120 Å². The summed E-state index contributed by atoms with van der Waals surface area (Å²) in [7, 11) is 0. The van der Waals surface area contributed by atoms with Crippen LogP contribution in [0.5, 0.6) is 0 Å². The minimum Gasteiger partial charge on any atom is -0.475 e. The number of rotatable bonds is 4. The Kier molecular flexibility index (Phi) is 11.5. The molecule has 4 heterocycles. The molecule has 2 N–H and O–H groups in total. The molecule has 1 unspecified atom stereocenters. The van der Waals surface area contributed by atoms with Crippen LogP contribution >= 0.6 is 0 Å². The van der Waals surface area contributed by atoms with Crippen molar-refractivity contribution in [1.82, 2.24) is 14.8 Å². The van der Waals surface area contributed by atoms with Gasteiger partial charge in [-0.25, -0.2) is 9.59 Å². The molecular formula is C24H31F6N3O6. The first-order valence-corrected chi connectivity index (χ1v) is 12.2. The quantitative estimate of drug-likeness (QED) is 0.529.